The fourth-order valence-electron chi connectivity index (χ4n) is 9.48. The van der Waals surface area contributed by atoms with Crippen LogP contribution in [0.1, 0.15) is 148 Å². The summed E-state index contributed by atoms with van der Waals surface area (Å²) in [7, 11) is 0. The first kappa shape index (κ1) is 38.2. The molecule has 10 nitrogen and oxygen atoms in total. The van der Waals surface area contributed by atoms with Gasteiger partial charge in [0.2, 0.25) is 0 Å². The number of unbranched alkanes of at least 4 members (excludes halogenated alkanes) is 6. The molecule has 0 saturated heterocycles. The average Bonchev–Trinajstić information content (AvgIpc) is 3.72. The maximum atomic E-state index is 14.5. The van der Waals surface area contributed by atoms with Crippen LogP contribution in [-0.4, -0.2) is 60.2 Å². The van der Waals surface area contributed by atoms with Crippen molar-refractivity contribution in [2.24, 2.45) is 0 Å². The minimum Gasteiger partial charge on any atom is -0.293 e. The number of ketones is 1. The SMILES string of the molecule is CCCCCCC(CCCCCC)N1C(=O)c2ccc3c4ccc5c6c(ccc(c7ccc(c2c37)C1=O)c64)C(=O)N(Cc1ccc(Cn2cc(C(C)=O)nn2)cc1)C5=O. The summed E-state index contributed by atoms with van der Waals surface area (Å²) < 4.78 is 1.60. The zero-order valence-electron chi connectivity index (χ0n) is 33.8. The van der Waals surface area contributed by atoms with E-state index in [4.69, 9.17) is 0 Å². The van der Waals surface area contributed by atoms with Crippen molar-refractivity contribution >= 4 is 72.5 Å². The second-order valence-electron chi connectivity index (χ2n) is 16.3. The number of nitrogens with zero attached hydrogens (tertiary/aromatic N) is 5. The summed E-state index contributed by atoms with van der Waals surface area (Å²) in [5, 5.41) is 14.4. The van der Waals surface area contributed by atoms with Crippen molar-refractivity contribution in [3.8, 4) is 0 Å². The lowest BCUT2D eigenvalue weighted by Crippen LogP contribution is -2.47. The van der Waals surface area contributed by atoms with Crippen molar-refractivity contribution in [3.63, 3.8) is 0 Å². The number of fused-ring (bicyclic) bond motifs is 2. The van der Waals surface area contributed by atoms with Gasteiger partial charge in [0, 0.05) is 46.0 Å². The largest absolute Gasteiger partial charge is 0.293 e. The maximum Gasteiger partial charge on any atom is 0.261 e. The summed E-state index contributed by atoms with van der Waals surface area (Å²) in [5.74, 6) is -1.31. The number of benzene rings is 6. The third-order valence-corrected chi connectivity index (χ3v) is 12.5. The van der Waals surface area contributed by atoms with Gasteiger partial charge in [-0.05, 0) is 80.6 Å². The fourth-order valence-corrected chi connectivity index (χ4v) is 9.48. The lowest BCUT2D eigenvalue weighted by Gasteiger charge is -2.35. The smallest absolute Gasteiger partial charge is 0.261 e. The van der Waals surface area contributed by atoms with E-state index in [9.17, 15) is 24.0 Å². The molecule has 59 heavy (non-hydrogen) atoms. The number of aromatic nitrogens is 3. The van der Waals surface area contributed by atoms with Crippen LogP contribution in [0.5, 0.6) is 0 Å². The number of Topliss-reactive ketones (excluding diaryl/α,β-unsaturated/α-hetero) is 1. The number of imide groups is 2. The highest BCUT2D eigenvalue weighted by Crippen LogP contribution is 2.46. The highest BCUT2D eigenvalue weighted by Gasteiger charge is 2.39. The first-order chi connectivity index (χ1) is 28.7. The average molecular weight is 786 g/mol. The van der Waals surface area contributed by atoms with E-state index in [1.807, 2.05) is 72.8 Å². The molecule has 0 saturated carbocycles. The van der Waals surface area contributed by atoms with Crippen molar-refractivity contribution < 1.29 is 24.0 Å². The van der Waals surface area contributed by atoms with Gasteiger partial charge in [0.1, 0.15) is 5.69 Å². The van der Waals surface area contributed by atoms with Crippen LogP contribution in [0.3, 0.4) is 0 Å². The lowest BCUT2D eigenvalue weighted by molar-refractivity contribution is 0.0514. The molecule has 0 aliphatic carbocycles. The minimum absolute atomic E-state index is 0.102. The number of hydrogen-bond acceptors (Lipinski definition) is 7. The molecule has 0 bridgehead atoms. The van der Waals surface area contributed by atoms with E-state index in [-0.39, 0.29) is 42.0 Å². The van der Waals surface area contributed by atoms with E-state index in [2.05, 4.69) is 24.2 Å². The van der Waals surface area contributed by atoms with E-state index < -0.39 is 0 Å². The van der Waals surface area contributed by atoms with Gasteiger partial charge in [-0.3, -0.25) is 33.8 Å². The summed E-state index contributed by atoms with van der Waals surface area (Å²) in [4.78, 5) is 71.9. The normalized spacial score (nSPS) is 14.1. The molecule has 0 N–H and O–H groups in total. The summed E-state index contributed by atoms with van der Waals surface area (Å²) in [6, 6.07) is 22.7. The van der Waals surface area contributed by atoms with E-state index in [1.165, 1.54) is 11.8 Å². The molecular formula is C49H47N5O5. The van der Waals surface area contributed by atoms with Crippen molar-refractivity contribution in [2.75, 3.05) is 0 Å². The van der Waals surface area contributed by atoms with Crippen LogP contribution in [0, 0.1) is 0 Å². The van der Waals surface area contributed by atoms with Gasteiger partial charge < -0.3 is 0 Å². The van der Waals surface area contributed by atoms with Crippen molar-refractivity contribution in [1.29, 1.82) is 0 Å². The first-order valence-electron chi connectivity index (χ1n) is 21.1. The molecule has 10 heteroatoms. The zero-order valence-corrected chi connectivity index (χ0v) is 33.8. The lowest BCUT2D eigenvalue weighted by atomic mass is 9.82. The number of carbonyl (C=O) groups excluding carboxylic acids is 5. The molecule has 0 fully saturated rings. The van der Waals surface area contributed by atoms with Crippen LogP contribution in [0.25, 0.3) is 43.1 Å². The molecule has 0 radical (unpaired) electrons. The molecule has 3 heterocycles. The number of carbonyl (C=O) groups is 5. The van der Waals surface area contributed by atoms with Crippen LogP contribution >= 0.6 is 0 Å². The Morgan fingerprint density at radius 2 is 0.983 bits per heavy atom. The Morgan fingerprint density at radius 3 is 1.41 bits per heavy atom. The molecule has 2 aliphatic heterocycles. The van der Waals surface area contributed by atoms with Gasteiger partial charge in [0.25, 0.3) is 23.6 Å². The van der Waals surface area contributed by atoms with E-state index in [0.717, 1.165) is 108 Å². The number of amides is 4. The van der Waals surface area contributed by atoms with Crippen LogP contribution in [-0.2, 0) is 13.1 Å². The highest BCUT2D eigenvalue weighted by atomic mass is 16.2. The Kier molecular flexibility index (Phi) is 10.0. The quantitative estimate of drug-likeness (QED) is 0.0314. The van der Waals surface area contributed by atoms with Gasteiger partial charge >= 0.3 is 0 Å². The molecule has 4 amide bonds. The van der Waals surface area contributed by atoms with Gasteiger partial charge in [-0.15, -0.1) is 5.10 Å². The Morgan fingerprint density at radius 1 is 0.542 bits per heavy atom. The molecule has 298 valence electrons. The molecule has 7 aromatic rings. The standard InChI is InChI=1S/C49H47N5O5/c1-4-6-8-10-12-32(13-11-9-7-5-2)54-48(58)39-24-20-35-33-18-22-37-44-38(23-19-34(42(33)44)36-21-25-40(49(54)59)45(39)43(35)36)47(57)53(46(37)56)27-31-16-14-30(15-17-31)26-52-28-41(29(3)55)50-51-52/h14-25,28,32H,4-13,26-27H2,1-3H3. The van der Waals surface area contributed by atoms with Gasteiger partial charge in [-0.2, -0.15) is 0 Å². The Bertz CT molecular complexity index is 2710. The third-order valence-electron chi connectivity index (χ3n) is 12.5. The first-order valence-corrected chi connectivity index (χ1v) is 21.1. The maximum absolute atomic E-state index is 14.5. The molecule has 9 rings (SSSR count). The second kappa shape index (κ2) is 15.5. The monoisotopic (exact) mass is 785 g/mol. The van der Waals surface area contributed by atoms with E-state index >= 15 is 0 Å². The van der Waals surface area contributed by atoms with Gasteiger partial charge in [-0.25, -0.2) is 4.68 Å². The third kappa shape index (κ3) is 6.45. The summed E-state index contributed by atoms with van der Waals surface area (Å²) in [5.41, 5.74) is 4.06. The van der Waals surface area contributed by atoms with Gasteiger partial charge in [-0.1, -0.05) is 119 Å². The number of rotatable bonds is 16. The Balaban J connectivity index is 1.05. The van der Waals surface area contributed by atoms with Crippen LogP contribution in [0.15, 0.2) is 79.0 Å². The summed E-state index contributed by atoms with van der Waals surface area (Å²) in [6.07, 6.45) is 11.9. The molecule has 0 unspecified atom stereocenters. The highest BCUT2D eigenvalue weighted by molar-refractivity contribution is 6.41. The minimum atomic E-state index is -0.360. The van der Waals surface area contributed by atoms with E-state index in [0.29, 0.717) is 45.3 Å². The molecule has 0 spiro atoms. The summed E-state index contributed by atoms with van der Waals surface area (Å²) in [6.45, 7) is 6.35. The second-order valence-corrected chi connectivity index (χ2v) is 16.3. The van der Waals surface area contributed by atoms with Crippen molar-refractivity contribution in [2.45, 2.75) is 104 Å². The topological polar surface area (TPSA) is 123 Å². The zero-order chi connectivity index (χ0) is 40.9. The Hall–Kier alpha value is -6.29. The Labute approximate surface area is 342 Å². The molecule has 2 aliphatic rings. The predicted octanol–water partition coefficient (Wildman–Crippen LogP) is 10.3. The molecule has 1 aromatic heterocycles. The predicted molar refractivity (Wildman–Crippen MR) is 229 cm³/mol. The van der Waals surface area contributed by atoms with Crippen LogP contribution in [0.2, 0.25) is 0 Å². The van der Waals surface area contributed by atoms with Gasteiger partial charge in [0.15, 0.2) is 5.78 Å². The number of hydrogen-bond donors (Lipinski definition) is 0. The molecule has 0 atom stereocenters. The van der Waals surface area contributed by atoms with Crippen molar-refractivity contribution in [1.82, 2.24) is 24.8 Å². The van der Waals surface area contributed by atoms with Crippen LogP contribution in [0.4, 0.5) is 0 Å². The van der Waals surface area contributed by atoms with Crippen molar-refractivity contribution in [3.05, 3.63) is 118 Å². The molecule has 6 aromatic carbocycles. The summed E-state index contributed by atoms with van der Waals surface area (Å²) >= 11 is 0. The fraction of sp³-hybridized carbons (Fsp3) is 0.327. The molecular weight excluding hydrogens is 739 g/mol. The van der Waals surface area contributed by atoms with E-state index in [1.54, 1.807) is 15.8 Å². The van der Waals surface area contributed by atoms with Gasteiger partial charge in [0.05, 0.1) is 19.3 Å². The van der Waals surface area contributed by atoms with Crippen LogP contribution < -0.4 is 0 Å².